The maximum atomic E-state index is 13.4. The standard InChI is InChI=1S/C24H27N3O3S/c28-12-17-13-6-8-14(9-7-13)19(17)22(29)26-24-20(16-4-2-1-3-5-18(16)31-24)23-25-21(27-30-23)15-10-11-15/h12-15H,1-11H2,(H,26,29). The van der Waals surface area contributed by atoms with Gasteiger partial charge in [0.15, 0.2) is 5.82 Å². The normalized spacial score (nSPS) is 25.3. The number of hydrogen-bond donors (Lipinski definition) is 1. The van der Waals surface area contributed by atoms with Gasteiger partial charge in [-0.3, -0.25) is 9.59 Å². The first-order valence-corrected chi connectivity index (χ1v) is 12.5. The van der Waals surface area contributed by atoms with Crippen molar-refractivity contribution in [1.82, 2.24) is 10.1 Å². The fourth-order valence-electron chi connectivity index (χ4n) is 5.70. The van der Waals surface area contributed by atoms with Gasteiger partial charge >= 0.3 is 0 Å². The van der Waals surface area contributed by atoms with Crippen LogP contribution < -0.4 is 5.32 Å². The van der Waals surface area contributed by atoms with E-state index in [1.54, 1.807) is 11.3 Å². The number of amides is 1. The van der Waals surface area contributed by atoms with Crippen LogP contribution in [0, 0.1) is 11.8 Å². The molecule has 5 aliphatic rings. The van der Waals surface area contributed by atoms with E-state index >= 15 is 0 Å². The molecule has 7 heteroatoms. The van der Waals surface area contributed by atoms with E-state index in [0.717, 1.165) is 91.6 Å². The van der Waals surface area contributed by atoms with Crippen LogP contribution in [0.5, 0.6) is 0 Å². The Labute approximate surface area is 185 Å². The van der Waals surface area contributed by atoms with Crippen LogP contribution in [0.25, 0.3) is 11.5 Å². The van der Waals surface area contributed by atoms with Gasteiger partial charge in [-0.25, -0.2) is 0 Å². The number of aromatic nitrogens is 2. The smallest absolute Gasteiger partial charge is 0.261 e. The summed E-state index contributed by atoms with van der Waals surface area (Å²) in [5, 5.41) is 8.23. The highest BCUT2D eigenvalue weighted by Gasteiger charge is 2.39. The maximum absolute atomic E-state index is 13.4. The first-order valence-electron chi connectivity index (χ1n) is 11.7. The SMILES string of the molecule is O=CC1=C(C(=O)Nc2sc3c(c2-c2nc(C4CC4)no2)CCCCC3)C2CCC1CC2. The Kier molecular flexibility index (Phi) is 4.82. The summed E-state index contributed by atoms with van der Waals surface area (Å²) in [4.78, 5) is 31.3. The second-order valence-corrected chi connectivity index (χ2v) is 10.6. The van der Waals surface area contributed by atoms with E-state index in [1.165, 1.54) is 23.3 Å². The highest BCUT2D eigenvalue weighted by atomic mass is 32.1. The minimum atomic E-state index is -0.115. The Morgan fingerprint density at radius 1 is 1.00 bits per heavy atom. The van der Waals surface area contributed by atoms with Crippen LogP contribution in [0.1, 0.15) is 80.0 Å². The predicted octanol–water partition coefficient (Wildman–Crippen LogP) is 5.20. The Hall–Kier alpha value is -2.28. The molecular formula is C24H27N3O3S. The van der Waals surface area contributed by atoms with Gasteiger partial charge in [-0.2, -0.15) is 4.98 Å². The number of thiophene rings is 1. The van der Waals surface area contributed by atoms with Gasteiger partial charge in [0.05, 0.1) is 5.56 Å². The molecule has 0 saturated heterocycles. The van der Waals surface area contributed by atoms with E-state index in [-0.39, 0.29) is 17.7 Å². The molecule has 1 N–H and O–H groups in total. The molecule has 162 valence electrons. The average Bonchev–Trinajstić information content (AvgIpc) is 3.50. The highest BCUT2D eigenvalue weighted by Crippen LogP contribution is 2.47. The topological polar surface area (TPSA) is 85.1 Å². The molecule has 2 aromatic heterocycles. The summed E-state index contributed by atoms with van der Waals surface area (Å²) in [6, 6.07) is 0. The van der Waals surface area contributed by atoms with Crippen molar-refractivity contribution >= 4 is 28.5 Å². The van der Waals surface area contributed by atoms with Crippen molar-refractivity contribution in [2.24, 2.45) is 11.8 Å². The molecule has 2 aromatic rings. The van der Waals surface area contributed by atoms with Crippen molar-refractivity contribution in [3.8, 4) is 11.5 Å². The largest absolute Gasteiger partial charge is 0.334 e. The predicted molar refractivity (Wildman–Crippen MR) is 118 cm³/mol. The molecule has 0 aromatic carbocycles. The molecule has 31 heavy (non-hydrogen) atoms. The number of carbonyl (C=O) groups is 2. The molecule has 2 fully saturated rings. The number of hydrogen-bond acceptors (Lipinski definition) is 6. The average molecular weight is 438 g/mol. The fraction of sp³-hybridized carbons (Fsp3) is 0.583. The number of allylic oxidation sites excluding steroid dienone is 1. The Morgan fingerprint density at radius 2 is 1.74 bits per heavy atom. The Bertz CT molecular complexity index is 1070. The first kappa shape index (κ1) is 19.4. The zero-order valence-electron chi connectivity index (χ0n) is 17.6. The summed E-state index contributed by atoms with van der Waals surface area (Å²) in [7, 11) is 0. The zero-order valence-corrected chi connectivity index (χ0v) is 18.4. The molecule has 2 saturated carbocycles. The van der Waals surface area contributed by atoms with Gasteiger partial charge < -0.3 is 9.84 Å². The third-order valence-corrected chi connectivity index (χ3v) is 8.71. The number of aldehydes is 1. The minimum absolute atomic E-state index is 0.115. The lowest BCUT2D eigenvalue weighted by Crippen LogP contribution is -2.33. The van der Waals surface area contributed by atoms with E-state index in [2.05, 4.69) is 10.5 Å². The summed E-state index contributed by atoms with van der Waals surface area (Å²) in [5.41, 5.74) is 3.63. The Morgan fingerprint density at radius 3 is 2.52 bits per heavy atom. The second kappa shape index (κ2) is 7.69. The lowest BCUT2D eigenvalue weighted by Gasteiger charge is -2.37. The summed E-state index contributed by atoms with van der Waals surface area (Å²) in [6.45, 7) is 0. The van der Waals surface area contributed by atoms with Gasteiger partial charge in [0, 0.05) is 21.9 Å². The van der Waals surface area contributed by atoms with Crippen LogP contribution in [0.3, 0.4) is 0 Å². The molecule has 1 amide bonds. The van der Waals surface area contributed by atoms with E-state index in [4.69, 9.17) is 9.51 Å². The van der Waals surface area contributed by atoms with Gasteiger partial charge in [0.25, 0.3) is 11.8 Å². The maximum Gasteiger partial charge on any atom is 0.261 e. The molecule has 0 unspecified atom stereocenters. The van der Waals surface area contributed by atoms with Crippen molar-refractivity contribution in [3.05, 3.63) is 27.4 Å². The van der Waals surface area contributed by atoms with Crippen LogP contribution in [0.15, 0.2) is 15.7 Å². The van der Waals surface area contributed by atoms with Crippen LogP contribution >= 0.6 is 11.3 Å². The van der Waals surface area contributed by atoms with Crippen molar-refractivity contribution in [2.75, 3.05) is 5.32 Å². The number of fused-ring (bicyclic) bond motifs is 3. The van der Waals surface area contributed by atoms with Gasteiger partial charge in [0.2, 0.25) is 0 Å². The number of nitrogens with one attached hydrogen (secondary N) is 1. The van der Waals surface area contributed by atoms with Crippen LogP contribution in [-0.4, -0.2) is 22.3 Å². The van der Waals surface area contributed by atoms with Crippen molar-refractivity contribution in [3.63, 3.8) is 0 Å². The summed E-state index contributed by atoms with van der Waals surface area (Å²) < 4.78 is 5.70. The molecule has 2 heterocycles. The lowest BCUT2D eigenvalue weighted by atomic mass is 9.67. The highest BCUT2D eigenvalue weighted by molar-refractivity contribution is 7.17. The van der Waals surface area contributed by atoms with Crippen molar-refractivity contribution < 1.29 is 14.1 Å². The number of nitrogens with zero attached hydrogens (tertiary/aromatic N) is 2. The molecule has 0 aliphatic heterocycles. The van der Waals surface area contributed by atoms with E-state index in [9.17, 15) is 9.59 Å². The molecule has 0 spiro atoms. The first-order chi connectivity index (χ1) is 15.2. The van der Waals surface area contributed by atoms with E-state index in [1.807, 2.05) is 0 Å². The minimum Gasteiger partial charge on any atom is -0.334 e. The lowest BCUT2D eigenvalue weighted by molar-refractivity contribution is -0.114. The molecule has 0 atom stereocenters. The van der Waals surface area contributed by atoms with E-state index < -0.39 is 0 Å². The molecular weight excluding hydrogens is 410 g/mol. The zero-order chi connectivity index (χ0) is 20.9. The van der Waals surface area contributed by atoms with Gasteiger partial charge in [-0.1, -0.05) is 11.6 Å². The third-order valence-electron chi connectivity index (χ3n) is 7.50. The van der Waals surface area contributed by atoms with Crippen LogP contribution in [0.4, 0.5) is 5.00 Å². The summed E-state index contributed by atoms with van der Waals surface area (Å²) in [5.74, 6) is 2.08. The van der Waals surface area contributed by atoms with E-state index in [0.29, 0.717) is 11.8 Å². The number of anilines is 1. The van der Waals surface area contributed by atoms with Crippen LogP contribution in [-0.2, 0) is 22.4 Å². The monoisotopic (exact) mass is 437 g/mol. The fourth-order valence-corrected chi connectivity index (χ4v) is 6.97. The summed E-state index contributed by atoms with van der Waals surface area (Å²) in [6.07, 6.45) is 12.8. The third kappa shape index (κ3) is 3.37. The Balaban J connectivity index is 1.39. The molecule has 6 nitrogen and oxygen atoms in total. The number of carbonyl (C=O) groups excluding carboxylic acids is 2. The van der Waals surface area contributed by atoms with Crippen LogP contribution in [0.2, 0.25) is 0 Å². The molecule has 5 aliphatic carbocycles. The van der Waals surface area contributed by atoms with Gasteiger partial charge in [-0.05, 0) is 81.6 Å². The molecule has 7 rings (SSSR count). The summed E-state index contributed by atoms with van der Waals surface area (Å²) >= 11 is 1.65. The number of aryl methyl sites for hydroxylation is 1. The van der Waals surface area contributed by atoms with Crippen molar-refractivity contribution in [1.29, 1.82) is 0 Å². The molecule has 2 bridgehead atoms. The number of rotatable bonds is 5. The van der Waals surface area contributed by atoms with Crippen molar-refractivity contribution in [2.45, 2.75) is 76.5 Å². The quantitative estimate of drug-likeness (QED) is 0.513. The van der Waals surface area contributed by atoms with Gasteiger partial charge in [-0.15, -0.1) is 11.3 Å². The second-order valence-electron chi connectivity index (χ2n) is 9.49. The molecule has 0 radical (unpaired) electrons. The van der Waals surface area contributed by atoms with Gasteiger partial charge in [0.1, 0.15) is 11.3 Å².